The summed E-state index contributed by atoms with van der Waals surface area (Å²) in [7, 11) is 0. The van der Waals surface area contributed by atoms with Gasteiger partial charge in [0, 0.05) is 5.56 Å². The van der Waals surface area contributed by atoms with Crippen molar-refractivity contribution in [2.24, 2.45) is 0 Å². The lowest BCUT2D eigenvalue weighted by atomic mass is 9.97. The molecule has 9 nitrogen and oxygen atoms in total. The lowest BCUT2D eigenvalue weighted by molar-refractivity contribution is -0.271. The lowest BCUT2D eigenvalue weighted by Gasteiger charge is -2.38. The third-order valence-corrected chi connectivity index (χ3v) is 5.09. The van der Waals surface area contributed by atoms with E-state index in [1.807, 2.05) is 0 Å². The zero-order valence-electron chi connectivity index (χ0n) is 16.3. The van der Waals surface area contributed by atoms with Crippen LogP contribution in [0, 0.1) is 5.82 Å². The second kappa shape index (κ2) is 8.98. The van der Waals surface area contributed by atoms with Gasteiger partial charge in [0.05, 0.1) is 5.92 Å². The summed E-state index contributed by atoms with van der Waals surface area (Å²) < 4.78 is 24.9. The van der Waals surface area contributed by atoms with Crippen LogP contribution >= 0.6 is 0 Å². The molecular weight excluding hydrogens is 415 g/mol. The largest absolute Gasteiger partial charge is 0.481 e. The minimum Gasteiger partial charge on any atom is -0.481 e. The van der Waals surface area contributed by atoms with Gasteiger partial charge in [-0.3, -0.25) is 4.79 Å². The smallest absolute Gasteiger partial charge is 0.335 e. The highest BCUT2D eigenvalue weighted by Gasteiger charge is 2.48. The molecule has 10 heteroatoms. The minimum atomic E-state index is -1.83. The summed E-state index contributed by atoms with van der Waals surface area (Å²) in [5, 5.41) is 47.6. The number of rotatable bonds is 6. The zero-order chi connectivity index (χ0) is 22.9. The molecule has 0 bridgehead atoms. The van der Waals surface area contributed by atoms with Gasteiger partial charge >= 0.3 is 11.9 Å². The molecule has 2 aromatic rings. The molecule has 166 valence electrons. The minimum absolute atomic E-state index is 0.136. The number of aliphatic carboxylic acids is 2. The Morgan fingerprint density at radius 1 is 1.00 bits per heavy atom. The maximum atomic E-state index is 14.5. The molecule has 1 unspecified atom stereocenters. The fourth-order valence-corrected chi connectivity index (χ4v) is 3.17. The molecule has 0 radical (unpaired) electrons. The summed E-state index contributed by atoms with van der Waals surface area (Å²) >= 11 is 0. The fraction of sp³-hybridized carbons (Fsp3) is 0.333. The highest BCUT2D eigenvalue weighted by atomic mass is 19.1. The zero-order valence-corrected chi connectivity index (χ0v) is 16.3. The Hall–Kier alpha value is -3.05. The molecule has 1 aliphatic rings. The van der Waals surface area contributed by atoms with E-state index in [4.69, 9.17) is 19.7 Å². The summed E-state index contributed by atoms with van der Waals surface area (Å²) in [6, 6.07) is 9.99. The molecule has 1 fully saturated rings. The number of benzene rings is 2. The predicted molar refractivity (Wildman–Crippen MR) is 103 cm³/mol. The van der Waals surface area contributed by atoms with Crippen LogP contribution in [0.25, 0.3) is 11.1 Å². The Morgan fingerprint density at radius 3 is 2.19 bits per heavy atom. The molecule has 5 N–H and O–H groups in total. The van der Waals surface area contributed by atoms with Crippen molar-refractivity contribution in [1.82, 2.24) is 0 Å². The van der Waals surface area contributed by atoms with E-state index >= 15 is 0 Å². The molecule has 0 saturated carbocycles. The number of aliphatic hydroxyl groups is 3. The molecule has 0 spiro atoms. The molecule has 0 amide bonds. The predicted octanol–water partition coefficient (Wildman–Crippen LogP) is 0.952. The Kier molecular flexibility index (Phi) is 6.56. The van der Waals surface area contributed by atoms with Crippen LogP contribution in [0.4, 0.5) is 4.39 Å². The standard InChI is InChI=1S/C21H21FO9/c1-9(19(26)27)11-4-7-13(14(22)8-11)10-2-5-12(6-3-10)30-21-17(25)15(23)16(24)18(31-21)20(28)29/h2-9,15-18,21,23-25H,1H3,(H,26,27)(H,28,29)/t9-,15+,16+,17-,18+,21?/m1/s1. The number of ether oxygens (including phenoxy) is 2. The Balaban J connectivity index is 1.76. The Labute approximate surface area is 175 Å². The first-order valence-electron chi connectivity index (χ1n) is 9.32. The van der Waals surface area contributed by atoms with Crippen LogP contribution in [-0.4, -0.2) is 68.2 Å². The van der Waals surface area contributed by atoms with E-state index in [1.54, 1.807) is 0 Å². The van der Waals surface area contributed by atoms with Gasteiger partial charge in [0.1, 0.15) is 29.9 Å². The lowest BCUT2D eigenvalue weighted by Crippen LogP contribution is -2.61. The van der Waals surface area contributed by atoms with Crippen molar-refractivity contribution in [2.75, 3.05) is 0 Å². The van der Waals surface area contributed by atoms with E-state index in [-0.39, 0.29) is 11.3 Å². The van der Waals surface area contributed by atoms with E-state index in [0.29, 0.717) is 11.1 Å². The SMILES string of the molecule is C[C@@H](C(=O)O)c1ccc(-c2ccc(OC3O[C@H](C(=O)O)[C@@H](O)[C@H](O)[C@H]3O)cc2)c(F)c1. The average Bonchev–Trinajstić information content (AvgIpc) is 2.73. The molecule has 2 aromatic carbocycles. The first-order valence-corrected chi connectivity index (χ1v) is 9.32. The van der Waals surface area contributed by atoms with Crippen LogP contribution in [0.5, 0.6) is 5.75 Å². The molecule has 3 rings (SSSR count). The molecule has 1 heterocycles. The highest BCUT2D eigenvalue weighted by Crippen LogP contribution is 2.29. The maximum Gasteiger partial charge on any atom is 0.335 e. The van der Waals surface area contributed by atoms with Crippen LogP contribution < -0.4 is 4.74 Å². The third-order valence-electron chi connectivity index (χ3n) is 5.09. The number of carboxylic acid groups (broad SMARTS) is 2. The summed E-state index contributed by atoms with van der Waals surface area (Å²) in [4.78, 5) is 22.2. The van der Waals surface area contributed by atoms with Crippen molar-refractivity contribution in [2.45, 2.75) is 43.5 Å². The third kappa shape index (κ3) is 4.67. The number of aliphatic hydroxyl groups excluding tert-OH is 3. The van der Waals surface area contributed by atoms with E-state index in [2.05, 4.69) is 0 Å². The van der Waals surface area contributed by atoms with E-state index < -0.39 is 54.4 Å². The number of carbonyl (C=O) groups is 2. The second-order valence-electron chi connectivity index (χ2n) is 7.18. The maximum absolute atomic E-state index is 14.5. The number of carboxylic acids is 2. The summed E-state index contributed by atoms with van der Waals surface area (Å²) in [6.45, 7) is 1.45. The van der Waals surface area contributed by atoms with Crippen molar-refractivity contribution in [3.63, 3.8) is 0 Å². The Morgan fingerprint density at radius 2 is 1.65 bits per heavy atom. The molecule has 1 aliphatic heterocycles. The topological polar surface area (TPSA) is 154 Å². The highest BCUT2D eigenvalue weighted by molar-refractivity contribution is 5.76. The van der Waals surface area contributed by atoms with Gasteiger partial charge in [-0.25, -0.2) is 9.18 Å². The number of halogens is 1. The van der Waals surface area contributed by atoms with E-state index in [1.165, 1.54) is 43.3 Å². The van der Waals surface area contributed by atoms with Gasteiger partial charge in [0.15, 0.2) is 6.10 Å². The normalized spacial score (nSPS) is 26.8. The van der Waals surface area contributed by atoms with Crippen molar-refractivity contribution < 1.29 is 49.0 Å². The van der Waals surface area contributed by atoms with Gasteiger partial charge in [0.25, 0.3) is 0 Å². The van der Waals surface area contributed by atoms with Crippen LogP contribution in [-0.2, 0) is 14.3 Å². The summed E-state index contributed by atoms with van der Waals surface area (Å²) in [6.07, 6.45) is -8.67. The van der Waals surface area contributed by atoms with Crippen LogP contribution in [0.1, 0.15) is 18.4 Å². The van der Waals surface area contributed by atoms with Crippen LogP contribution in [0.15, 0.2) is 42.5 Å². The molecular formula is C21H21FO9. The molecule has 6 atom stereocenters. The fourth-order valence-electron chi connectivity index (χ4n) is 3.17. The average molecular weight is 436 g/mol. The van der Waals surface area contributed by atoms with Gasteiger partial charge in [-0.2, -0.15) is 0 Å². The van der Waals surface area contributed by atoms with Gasteiger partial charge in [-0.15, -0.1) is 0 Å². The van der Waals surface area contributed by atoms with E-state index in [0.717, 1.165) is 6.07 Å². The van der Waals surface area contributed by atoms with Gasteiger partial charge < -0.3 is 35.0 Å². The number of hydrogen-bond donors (Lipinski definition) is 5. The van der Waals surface area contributed by atoms with E-state index in [9.17, 15) is 29.3 Å². The monoisotopic (exact) mass is 436 g/mol. The Bertz CT molecular complexity index is 962. The first kappa shape index (κ1) is 22.6. The second-order valence-corrected chi connectivity index (χ2v) is 7.18. The van der Waals surface area contributed by atoms with Gasteiger partial charge in [-0.1, -0.05) is 24.3 Å². The van der Waals surface area contributed by atoms with Crippen molar-refractivity contribution in [1.29, 1.82) is 0 Å². The molecule has 0 aliphatic carbocycles. The molecule has 1 saturated heterocycles. The van der Waals surface area contributed by atoms with Crippen molar-refractivity contribution in [3.8, 4) is 16.9 Å². The summed E-state index contributed by atoms with van der Waals surface area (Å²) in [5.74, 6) is -3.92. The summed E-state index contributed by atoms with van der Waals surface area (Å²) in [5.41, 5.74) is 1.01. The molecule has 0 aromatic heterocycles. The van der Waals surface area contributed by atoms with Crippen LogP contribution in [0.3, 0.4) is 0 Å². The van der Waals surface area contributed by atoms with Crippen molar-refractivity contribution in [3.05, 3.63) is 53.8 Å². The van der Waals surface area contributed by atoms with Crippen molar-refractivity contribution >= 4 is 11.9 Å². The quantitative estimate of drug-likeness (QED) is 0.445. The first-order chi connectivity index (χ1) is 14.6. The van der Waals surface area contributed by atoms with Gasteiger partial charge in [0.2, 0.25) is 6.29 Å². The molecule has 31 heavy (non-hydrogen) atoms. The number of hydrogen-bond acceptors (Lipinski definition) is 7. The van der Waals surface area contributed by atoms with Crippen LogP contribution in [0.2, 0.25) is 0 Å². The van der Waals surface area contributed by atoms with Gasteiger partial charge in [-0.05, 0) is 36.2 Å².